The third-order valence-corrected chi connectivity index (χ3v) is 7.64. The van der Waals surface area contributed by atoms with Gasteiger partial charge in [-0.1, -0.05) is 25.5 Å². The summed E-state index contributed by atoms with van der Waals surface area (Å²) in [6.07, 6.45) is 7.81. The summed E-state index contributed by atoms with van der Waals surface area (Å²) in [5.74, 6) is 2.07. The molecular weight excluding hydrogens is 346 g/mol. The first-order valence-corrected chi connectivity index (χ1v) is 11.2. The summed E-state index contributed by atoms with van der Waals surface area (Å²) in [6.45, 7) is 11.6. The summed E-state index contributed by atoms with van der Waals surface area (Å²) >= 11 is 0. The van der Waals surface area contributed by atoms with E-state index in [1.807, 2.05) is 12.1 Å². The number of carbonyl (C=O) groups is 1. The van der Waals surface area contributed by atoms with Crippen molar-refractivity contribution in [2.45, 2.75) is 96.6 Å². The molecule has 0 spiro atoms. The van der Waals surface area contributed by atoms with Gasteiger partial charge in [0.05, 0.1) is 5.92 Å². The monoisotopic (exact) mass is 385 g/mol. The fraction of sp³-hybridized carbons (Fsp3) is 0.720. The molecule has 0 atom stereocenters. The smallest absolute Gasteiger partial charge is 0.314 e. The lowest BCUT2D eigenvalue weighted by Crippen LogP contribution is -2.58. The van der Waals surface area contributed by atoms with Crippen LogP contribution in [-0.2, 0) is 4.79 Å². The molecule has 0 N–H and O–H groups in total. The molecule has 2 aliphatic rings. The highest BCUT2D eigenvalue weighted by molar-refractivity contribution is 5.75. The first kappa shape index (κ1) is 21.4. The lowest BCUT2D eigenvalue weighted by molar-refractivity contribution is -0.140. The molecule has 1 aliphatic carbocycles. The minimum absolute atomic E-state index is 0.0381. The van der Waals surface area contributed by atoms with Gasteiger partial charge in [-0.05, 0) is 103 Å². The summed E-state index contributed by atoms with van der Waals surface area (Å²) < 4.78 is 5.72. The minimum atomic E-state index is -0.0381. The zero-order chi connectivity index (χ0) is 20.5. The summed E-state index contributed by atoms with van der Waals surface area (Å²) in [5.41, 5.74) is 1.71. The molecule has 2 fully saturated rings. The van der Waals surface area contributed by atoms with Gasteiger partial charge in [-0.25, -0.2) is 0 Å². The molecule has 0 amide bonds. The fourth-order valence-corrected chi connectivity index (χ4v) is 5.42. The van der Waals surface area contributed by atoms with Crippen molar-refractivity contribution in [2.24, 2.45) is 11.8 Å². The van der Waals surface area contributed by atoms with Crippen LogP contribution in [0.4, 0.5) is 0 Å². The highest BCUT2D eigenvalue weighted by atomic mass is 16.5. The number of hydrogen-bond donors (Lipinski definition) is 0. The molecule has 0 unspecified atom stereocenters. The lowest BCUT2D eigenvalue weighted by atomic mass is 9.71. The molecule has 1 aromatic carbocycles. The molecule has 156 valence electrons. The van der Waals surface area contributed by atoms with Crippen LogP contribution in [0, 0.1) is 11.8 Å². The van der Waals surface area contributed by atoms with Crippen molar-refractivity contribution in [1.29, 1.82) is 0 Å². The molecular formula is C25H39NO2. The Bertz CT molecular complexity index is 650. The number of benzene rings is 1. The van der Waals surface area contributed by atoms with Gasteiger partial charge in [0, 0.05) is 11.1 Å². The molecule has 1 aliphatic heterocycles. The highest BCUT2D eigenvalue weighted by Crippen LogP contribution is 2.44. The molecule has 3 rings (SSSR count). The van der Waals surface area contributed by atoms with Gasteiger partial charge in [-0.15, -0.1) is 0 Å². The number of piperidine rings is 1. The van der Waals surface area contributed by atoms with Crippen LogP contribution in [0.2, 0.25) is 0 Å². The molecule has 0 bridgehead atoms. The third-order valence-electron chi connectivity index (χ3n) is 7.64. The number of esters is 1. The van der Waals surface area contributed by atoms with E-state index >= 15 is 0 Å². The van der Waals surface area contributed by atoms with Crippen LogP contribution in [0.1, 0.15) is 91.0 Å². The van der Waals surface area contributed by atoms with Gasteiger partial charge >= 0.3 is 5.97 Å². The highest BCUT2D eigenvalue weighted by Gasteiger charge is 2.43. The van der Waals surface area contributed by atoms with Crippen LogP contribution < -0.4 is 4.74 Å². The van der Waals surface area contributed by atoms with Gasteiger partial charge in [-0.2, -0.15) is 0 Å². The Kier molecular flexibility index (Phi) is 6.24. The molecule has 28 heavy (non-hydrogen) atoms. The van der Waals surface area contributed by atoms with Crippen LogP contribution in [0.5, 0.6) is 5.75 Å². The maximum absolute atomic E-state index is 12.5. The second kappa shape index (κ2) is 8.18. The van der Waals surface area contributed by atoms with Crippen molar-refractivity contribution in [3.8, 4) is 5.75 Å². The first-order valence-electron chi connectivity index (χ1n) is 11.2. The van der Waals surface area contributed by atoms with Crippen molar-refractivity contribution in [3.05, 3.63) is 29.8 Å². The standard InChI is InChI=1S/C25H39NO2/c1-7-18-8-10-20(11-9-18)23(27)28-22-14-12-19(13-15-22)21-16-24(2,3)26(6)25(4,5)17-21/h12-15,18,20-21H,7-11,16-17H2,1-6H3. The van der Waals surface area contributed by atoms with Gasteiger partial charge in [0.2, 0.25) is 0 Å². The summed E-state index contributed by atoms with van der Waals surface area (Å²) in [5, 5.41) is 0. The maximum atomic E-state index is 12.5. The van der Waals surface area contributed by atoms with E-state index in [0.717, 1.165) is 44.4 Å². The second-order valence-corrected chi connectivity index (χ2v) is 10.4. The zero-order valence-electron chi connectivity index (χ0n) is 18.8. The SMILES string of the molecule is CCC1CCC(C(=O)Oc2ccc(C3CC(C)(C)N(C)C(C)(C)C3)cc2)CC1. The molecule has 1 saturated carbocycles. The van der Waals surface area contributed by atoms with E-state index in [9.17, 15) is 4.79 Å². The predicted molar refractivity (Wildman–Crippen MR) is 116 cm³/mol. The van der Waals surface area contributed by atoms with Gasteiger partial charge in [-0.3, -0.25) is 9.69 Å². The molecule has 3 nitrogen and oxygen atoms in total. The Morgan fingerprint density at radius 2 is 1.54 bits per heavy atom. The van der Waals surface area contributed by atoms with E-state index in [-0.39, 0.29) is 23.0 Å². The number of carbonyl (C=O) groups excluding carboxylic acids is 1. The van der Waals surface area contributed by atoms with Crippen LogP contribution >= 0.6 is 0 Å². The van der Waals surface area contributed by atoms with Crippen molar-refractivity contribution in [1.82, 2.24) is 4.90 Å². The summed E-state index contributed by atoms with van der Waals surface area (Å²) in [7, 11) is 2.24. The van der Waals surface area contributed by atoms with Crippen molar-refractivity contribution < 1.29 is 9.53 Å². The van der Waals surface area contributed by atoms with Gasteiger partial charge < -0.3 is 4.74 Å². The van der Waals surface area contributed by atoms with E-state index in [4.69, 9.17) is 4.74 Å². The molecule has 0 radical (unpaired) electrons. The Morgan fingerprint density at radius 1 is 1.00 bits per heavy atom. The van der Waals surface area contributed by atoms with Crippen LogP contribution in [0.25, 0.3) is 0 Å². The van der Waals surface area contributed by atoms with E-state index in [1.54, 1.807) is 0 Å². The molecule has 3 heteroatoms. The number of likely N-dealkylation sites (tertiary alicyclic amines) is 1. The minimum Gasteiger partial charge on any atom is -0.426 e. The topological polar surface area (TPSA) is 29.5 Å². The summed E-state index contributed by atoms with van der Waals surface area (Å²) in [6, 6.07) is 8.31. The predicted octanol–water partition coefficient (Wildman–Crippen LogP) is 6.17. The van der Waals surface area contributed by atoms with Gasteiger partial charge in [0.25, 0.3) is 0 Å². The molecule has 0 aromatic heterocycles. The second-order valence-electron chi connectivity index (χ2n) is 10.4. The Morgan fingerprint density at radius 3 is 2.04 bits per heavy atom. The van der Waals surface area contributed by atoms with Crippen molar-refractivity contribution in [2.75, 3.05) is 7.05 Å². The quantitative estimate of drug-likeness (QED) is 0.458. The normalized spacial score (nSPS) is 28.1. The van der Waals surface area contributed by atoms with Gasteiger partial charge in [0.1, 0.15) is 5.75 Å². The molecule has 1 saturated heterocycles. The first-order chi connectivity index (χ1) is 13.1. The van der Waals surface area contributed by atoms with Crippen LogP contribution in [-0.4, -0.2) is 29.0 Å². The van der Waals surface area contributed by atoms with E-state index < -0.39 is 0 Å². The Hall–Kier alpha value is -1.35. The molecule has 1 aromatic rings. The third kappa shape index (κ3) is 4.62. The van der Waals surface area contributed by atoms with E-state index in [0.29, 0.717) is 11.7 Å². The largest absolute Gasteiger partial charge is 0.426 e. The van der Waals surface area contributed by atoms with Gasteiger partial charge in [0.15, 0.2) is 0 Å². The van der Waals surface area contributed by atoms with Crippen molar-refractivity contribution in [3.63, 3.8) is 0 Å². The van der Waals surface area contributed by atoms with Crippen LogP contribution in [0.15, 0.2) is 24.3 Å². The van der Waals surface area contributed by atoms with E-state index in [2.05, 4.69) is 58.7 Å². The zero-order valence-corrected chi connectivity index (χ0v) is 18.8. The Labute approximate surface area is 171 Å². The maximum Gasteiger partial charge on any atom is 0.314 e. The lowest BCUT2D eigenvalue weighted by Gasteiger charge is -2.54. The fourth-order valence-electron chi connectivity index (χ4n) is 5.42. The molecule has 1 heterocycles. The number of ether oxygens (including phenoxy) is 1. The van der Waals surface area contributed by atoms with E-state index in [1.165, 1.54) is 12.0 Å². The average Bonchev–Trinajstić information content (AvgIpc) is 2.66. The van der Waals surface area contributed by atoms with Crippen LogP contribution in [0.3, 0.4) is 0 Å². The number of rotatable bonds is 4. The average molecular weight is 386 g/mol. The van der Waals surface area contributed by atoms with Crippen molar-refractivity contribution >= 4 is 5.97 Å². The Balaban J connectivity index is 1.61. The number of nitrogens with zero attached hydrogens (tertiary/aromatic N) is 1. The number of hydrogen-bond acceptors (Lipinski definition) is 3. The summed E-state index contributed by atoms with van der Waals surface area (Å²) in [4.78, 5) is 15.0.